The fraction of sp³-hybridized carbons (Fsp3) is 0.450. The van der Waals surface area contributed by atoms with Crippen molar-refractivity contribution < 1.29 is 14.1 Å². The summed E-state index contributed by atoms with van der Waals surface area (Å²) in [5.41, 5.74) is 3.99. The molecule has 27 heavy (non-hydrogen) atoms. The second kappa shape index (κ2) is 7.82. The molecule has 0 unspecified atom stereocenters. The average Bonchev–Trinajstić information content (AvgIpc) is 3.28. The zero-order valence-corrected chi connectivity index (χ0v) is 16.3. The minimum Gasteiger partial charge on any atom is -0.361 e. The van der Waals surface area contributed by atoms with Crippen LogP contribution >= 0.6 is 0 Å². The van der Waals surface area contributed by atoms with E-state index in [9.17, 15) is 9.59 Å². The molecule has 7 heteroatoms. The van der Waals surface area contributed by atoms with Crippen LogP contribution in [0.3, 0.4) is 0 Å². The molecule has 0 saturated carbocycles. The highest BCUT2D eigenvalue weighted by Gasteiger charge is 2.34. The van der Waals surface area contributed by atoms with Gasteiger partial charge in [0.25, 0.3) is 5.91 Å². The lowest BCUT2D eigenvalue weighted by atomic mass is 10.0. The summed E-state index contributed by atoms with van der Waals surface area (Å²) < 4.78 is 5.11. The van der Waals surface area contributed by atoms with E-state index in [4.69, 9.17) is 4.52 Å². The molecule has 1 aliphatic rings. The van der Waals surface area contributed by atoms with Gasteiger partial charge in [0.05, 0.1) is 5.69 Å². The number of para-hydroxylation sites is 1. The van der Waals surface area contributed by atoms with Crippen LogP contribution in [0.5, 0.6) is 0 Å². The van der Waals surface area contributed by atoms with Gasteiger partial charge in [-0.25, -0.2) is 14.8 Å². The minimum absolute atomic E-state index is 0.251. The van der Waals surface area contributed by atoms with Crippen LogP contribution in [0.1, 0.15) is 53.2 Å². The van der Waals surface area contributed by atoms with E-state index in [0.29, 0.717) is 30.1 Å². The second-order valence-corrected chi connectivity index (χ2v) is 6.69. The molecule has 1 aliphatic heterocycles. The number of carbonyl (C=O) groups is 2. The van der Waals surface area contributed by atoms with Gasteiger partial charge in [0.15, 0.2) is 0 Å². The van der Waals surface area contributed by atoms with Crippen LogP contribution in [0.25, 0.3) is 0 Å². The zero-order valence-electron chi connectivity index (χ0n) is 16.3. The number of hydrazine groups is 1. The highest BCUT2D eigenvalue weighted by atomic mass is 16.5. The van der Waals surface area contributed by atoms with Crippen molar-refractivity contribution in [2.45, 2.75) is 47.0 Å². The van der Waals surface area contributed by atoms with Gasteiger partial charge in [-0.1, -0.05) is 37.2 Å². The van der Waals surface area contributed by atoms with Crippen LogP contribution in [-0.2, 0) is 12.8 Å². The molecule has 7 nitrogen and oxygen atoms in total. The summed E-state index contributed by atoms with van der Waals surface area (Å²) in [6.45, 7) is 8.55. The quantitative estimate of drug-likeness (QED) is 0.890. The van der Waals surface area contributed by atoms with E-state index in [1.54, 1.807) is 13.8 Å². The summed E-state index contributed by atoms with van der Waals surface area (Å²) in [6.07, 6.45) is 2.38. The summed E-state index contributed by atoms with van der Waals surface area (Å²) >= 11 is 0. The molecule has 3 amide bonds. The van der Waals surface area contributed by atoms with E-state index in [-0.39, 0.29) is 11.9 Å². The Balaban J connectivity index is 1.84. The smallest absolute Gasteiger partial charge is 0.340 e. The molecule has 1 N–H and O–H groups in total. The Morgan fingerprint density at radius 2 is 1.74 bits per heavy atom. The molecule has 1 aromatic heterocycles. The lowest BCUT2D eigenvalue weighted by Gasteiger charge is -2.28. The lowest BCUT2D eigenvalue weighted by Crippen LogP contribution is -2.47. The van der Waals surface area contributed by atoms with Gasteiger partial charge in [-0.2, -0.15) is 0 Å². The van der Waals surface area contributed by atoms with E-state index in [1.165, 1.54) is 10.0 Å². The van der Waals surface area contributed by atoms with E-state index in [2.05, 4.69) is 24.3 Å². The number of nitrogens with one attached hydrogen (secondary N) is 1. The van der Waals surface area contributed by atoms with Crippen LogP contribution in [0.15, 0.2) is 22.7 Å². The number of benzene rings is 1. The third-order valence-corrected chi connectivity index (χ3v) is 4.98. The Morgan fingerprint density at radius 1 is 1.11 bits per heavy atom. The number of amides is 3. The number of carbonyl (C=O) groups excluding carboxylic acids is 2. The predicted molar refractivity (Wildman–Crippen MR) is 103 cm³/mol. The largest absolute Gasteiger partial charge is 0.361 e. The Kier molecular flexibility index (Phi) is 5.48. The number of hydrogen-bond donors (Lipinski definition) is 1. The first kappa shape index (κ1) is 18.9. The molecule has 2 aromatic rings. The monoisotopic (exact) mass is 370 g/mol. The van der Waals surface area contributed by atoms with Gasteiger partial charge in [0, 0.05) is 18.8 Å². The number of aromatic nitrogens is 1. The number of nitrogens with zero attached hydrogens (tertiary/aromatic N) is 3. The van der Waals surface area contributed by atoms with E-state index in [0.717, 1.165) is 36.1 Å². The number of rotatable bonds is 4. The van der Waals surface area contributed by atoms with E-state index >= 15 is 0 Å². The average molecular weight is 370 g/mol. The van der Waals surface area contributed by atoms with Crippen LogP contribution in [-0.4, -0.2) is 40.2 Å². The maximum absolute atomic E-state index is 13.0. The van der Waals surface area contributed by atoms with Gasteiger partial charge in [-0.05, 0) is 44.2 Å². The second-order valence-electron chi connectivity index (χ2n) is 6.69. The third kappa shape index (κ3) is 3.54. The van der Waals surface area contributed by atoms with Crippen molar-refractivity contribution in [1.82, 2.24) is 15.2 Å². The van der Waals surface area contributed by atoms with Gasteiger partial charge >= 0.3 is 6.03 Å². The van der Waals surface area contributed by atoms with Gasteiger partial charge in [0.1, 0.15) is 11.3 Å². The predicted octanol–water partition coefficient (Wildman–Crippen LogP) is 3.71. The number of aryl methyl sites for hydroxylation is 4. The van der Waals surface area contributed by atoms with Crippen molar-refractivity contribution >= 4 is 17.6 Å². The minimum atomic E-state index is -0.289. The summed E-state index contributed by atoms with van der Waals surface area (Å²) in [7, 11) is 0. The highest BCUT2D eigenvalue weighted by molar-refractivity contribution is 5.99. The molecule has 1 saturated heterocycles. The molecule has 0 radical (unpaired) electrons. The van der Waals surface area contributed by atoms with Crippen LogP contribution in [0.4, 0.5) is 10.5 Å². The van der Waals surface area contributed by atoms with Crippen molar-refractivity contribution in [3.63, 3.8) is 0 Å². The van der Waals surface area contributed by atoms with Gasteiger partial charge < -0.3 is 9.84 Å². The molecule has 0 bridgehead atoms. The zero-order chi connectivity index (χ0) is 19.6. The molecule has 0 atom stereocenters. The number of anilines is 1. The van der Waals surface area contributed by atoms with Gasteiger partial charge in [-0.3, -0.25) is 4.79 Å². The van der Waals surface area contributed by atoms with Crippen molar-refractivity contribution in [3.8, 4) is 0 Å². The summed E-state index contributed by atoms with van der Waals surface area (Å²) in [4.78, 5) is 26.0. The van der Waals surface area contributed by atoms with Gasteiger partial charge in [-0.15, -0.1) is 0 Å². The maximum atomic E-state index is 13.0. The maximum Gasteiger partial charge on any atom is 0.340 e. The molecular formula is C20H26N4O3. The summed E-state index contributed by atoms with van der Waals surface area (Å²) in [5.74, 6) is 0.216. The Labute approximate surface area is 159 Å². The molecule has 144 valence electrons. The molecule has 1 aromatic carbocycles. The van der Waals surface area contributed by atoms with Crippen LogP contribution in [0.2, 0.25) is 0 Å². The normalized spacial score (nSPS) is 13.9. The van der Waals surface area contributed by atoms with E-state index in [1.807, 2.05) is 18.2 Å². The lowest BCUT2D eigenvalue weighted by molar-refractivity contribution is 0.0402. The molecule has 1 fully saturated rings. The van der Waals surface area contributed by atoms with Crippen LogP contribution in [0, 0.1) is 13.8 Å². The first-order chi connectivity index (χ1) is 13.0. The first-order valence-corrected chi connectivity index (χ1v) is 9.41. The Hall–Kier alpha value is -2.83. The fourth-order valence-electron chi connectivity index (χ4n) is 3.53. The number of urea groups is 1. The van der Waals surface area contributed by atoms with Gasteiger partial charge in [0.2, 0.25) is 0 Å². The van der Waals surface area contributed by atoms with Crippen molar-refractivity contribution in [3.05, 3.63) is 46.3 Å². The molecular weight excluding hydrogens is 344 g/mol. The third-order valence-electron chi connectivity index (χ3n) is 4.98. The standard InChI is InChI=1S/C20H26N4O3/c1-5-15-9-7-10-16(6-2)18(15)21-20(26)24-12-8-11-23(24)19(25)17-13(3)22-27-14(17)4/h7,9-10H,5-6,8,11-12H2,1-4H3,(H,21,26). The molecule has 2 heterocycles. The molecule has 3 rings (SSSR count). The Bertz CT molecular complexity index is 817. The van der Waals surface area contributed by atoms with Crippen molar-refractivity contribution in [1.29, 1.82) is 0 Å². The number of hydrogen-bond acceptors (Lipinski definition) is 4. The van der Waals surface area contributed by atoms with E-state index < -0.39 is 0 Å². The molecule has 0 spiro atoms. The summed E-state index contributed by atoms with van der Waals surface area (Å²) in [6, 6.07) is 5.76. The SMILES string of the molecule is CCc1cccc(CC)c1NC(=O)N1CCCN1C(=O)c1c(C)noc1C. The Morgan fingerprint density at radius 3 is 2.30 bits per heavy atom. The summed E-state index contributed by atoms with van der Waals surface area (Å²) in [5, 5.41) is 9.86. The first-order valence-electron chi connectivity index (χ1n) is 9.41. The van der Waals surface area contributed by atoms with Crippen molar-refractivity contribution in [2.75, 3.05) is 18.4 Å². The topological polar surface area (TPSA) is 78.7 Å². The molecule has 0 aliphatic carbocycles. The van der Waals surface area contributed by atoms with Crippen molar-refractivity contribution in [2.24, 2.45) is 0 Å². The fourth-order valence-corrected chi connectivity index (χ4v) is 3.53. The highest BCUT2D eigenvalue weighted by Crippen LogP contribution is 2.25. The van der Waals surface area contributed by atoms with Crippen LogP contribution < -0.4 is 5.32 Å².